The summed E-state index contributed by atoms with van der Waals surface area (Å²) in [4.78, 5) is 79.1. The summed E-state index contributed by atoms with van der Waals surface area (Å²) in [7, 11) is 2.61. The predicted octanol–water partition coefficient (Wildman–Crippen LogP) is 3.34. The molecule has 29 nitrogen and oxygen atoms in total. The summed E-state index contributed by atoms with van der Waals surface area (Å²) < 4.78 is 95.0. The zero-order valence-corrected chi connectivity index (χ0v) is 55.0. The Kier molecular flexibility index (Phi) is 25.1. The van der Waals surface area contributed by atoms with Crippen molar-refractivity contribution in [2.75, 3.05) is 14.2 Å². The molecule has 526 valence electrons. The van der Waals surface area contributed by atoms with Crippen molar-refractivity contribution in [2.45, 2.75) is 280 Å². The van der Waals surface area contributed by atoms with Crippen LogP contribution in [-0.4, -0.2) is 232 Å². The summed E-state index contributed by atoms with van der Waals surface area (Å²) in [5, 5.41) is 81.1. The Hall–Kier alpha value is -5.58. The summed E-state index contributed by atoms with van der Waals surface area (Å²) in [6.45, 7) is 18.1. The molecular weight excluding hydrogens is 1240 g/mol. The number of unbranched alkanes of at least 4 members (excludes halogenated alkanes) is 1. The number of aliphatic hydroxyl groups is 5. The molecule has 8 rings (SSSR count). The Bertz CT molecular complexity index is 3000. The van der Waals surface area contributed by atoms with Gasteiger partial charge in [0.2, 0.25) is 6.29 Å². The van der Waals surface area contributed by atoms with E-state index in [9.17, 15) is 59.7 Å². The van der Waals surface area contributed by atoms with Crippen molar-refractivity contribution in [3.63, 3.8) is 0 Å². The van der Waals surface area contributed by atoms with Crippen LogP contribution in [0.1, 0.15) is 142 Å². The monoisotopic (exact) mass is 1340 g/mol. The second-order valence-corrected chi connectivity index (χ2v) is 25.4. The van der Waals surface area contributed by atoms with Crippen molar-refractivity contribution in [2.24, 2.45) is 5.92 Å². The fourth-order valence-electron chi connectivity index (χ4n) is 13.4. The number of ketones is 2. The Balaban J connectivity index is 1.06. The van der Waals surface area contributed by atoms with Crippen molar-refractivity contribution in [1.29, 1.82) is 0 Å². The summed E-state index contributed by atoms with van der Waals surface area (Å²) >= 11 is 0. The van der Waals surface area contributed by atoms with Crippen LogP contribution in [0, 0.1) is 12.8 Å². The van der Waals surface area contributed by atoms with Crippen LogP contribution in [0.2, 0.25) is 0 Å². The van der Waals surface area contributed by atoms with Gasteiger partial charge in [-0.1, -0.05) is 6.58 Å². The molecular formula is C65H92O29. The minimum absolute atomic E-state index is 0.00651. The van der Waals surface area contributed by atoms with Gasteiger partial charge in [0.15, 0.2) is 55.0 Å². The van der Waals surface area contributed by atoms with Gasteiger partial charge in [0.05, 0.1) is 66.0 Å². The number of esters is 4. The highest BCUT2D eigenvalue weighted by atomic mass is 16.7. The number of carbonyl (C=O) groups is 6. The number of phenolic OH excluding ortho intramolecular Hbond substituents is 2. The quantitative estimate of drug-likeness (QED) is 0.0324. The largest absolute Gasteiger partial charge is 0.507 e. The zero-order chi connectivity index (χ0) is 68.9. The molecule has 5 heterocycles. The van der Waals surface area contributed by atoms with Crippen LogP contribution in [0.15, 0.2) is 25.0 Å². The number of phenols is 2. The fourth-order valence-corrected chi connectivity index (χ4v) is 13.4. The van der Waals surface area contributed by atoms with E-state index in [1.807, 2.05) is 0 Å². The van der Waals surface area contributed by atoms with Crippen molar-refractivity contribution in [1.82, 2.24) is 0 Å². The number of hydrogen-bond acceptors (Lipinski definition) is 29. The smallest absolute Gasteiger partial charge is 0.310 e. The fraction of sp³-hybridized carbons (Fsp3) is 0.723. The van der Waals surface area contributed by atoms with E-state index in [0.29, 0.717) is 0 Å². The van der Waals surface area contributed by atoms with E-state index in [0.717, 1.165) is 13.4 Å². The molecule has 25 atom stereocenters. The lowest BCUT2D eigenvalue weighted by Gasteiger charge is -2.46. The Morgan fingerprint density at radius 1 is 0.713 bits per heavy atom. The van der Waals surface area contributed by atoms with Gasteiger partial charge in [-0.3, -0.25) is 28.8 Å². The van der Waals surface area contributed by atoms with E-state index in [1.54, 1.807) is 27.7 Å². The highest BCUT2D eigenvalue weighted by molar-refractivity contribution is 6.11. The zero-order valence-electron chi connectivity index (χ0n) is 55.0. The Morgan fingerprint density at radius 2 is 1.26 bits per heavy atom. The maximum absolute atomic E-state index is 15.4. The van der Waals surface area contributed by atoms with Gasteiger partial charge >= 0.3 is 23.9 Å². The van der Waals surface area contributed by atoms with E-state index >= 15 is 4.79 Å². The first-order valence-corrected chi connectivity index (χ1v) is 31.8. The molecule has 5 aliphatic heterocycles. The molecule has 0 amide bonds. The molecule has 94 heavy (non-hydrogen) atoms. The van der Waals surface area contributed by atoms with Crippen LogP contribution in [0.3, 0.4) is 0 Å². The van der Waals surface area contributed by atoms with E-state index in [4.69, 9.17) is 75.8 Å². The third-order valence-electron chi connectivity index (χ3n) is 18.2. The van der Waals surface area contributed by atoms with Crippen molar-refractivity contribution in [3.8, 4) is 17.2 Å². The van der Waals surface area contributed by atoms with E-state index in [2.05, 4.69) is 6.58 Å². The number of fused-ring (bicyclic) bond motifs is 2. The topological polar surface area (TPSA) is 392 Å². The molecule has 6 aliphatic rings. The van der Waals surface area contributed by atoms with Gasteiger partial charge in [-0.05, 0) is 97.7 Å². The maximum Gasteiger partial charge on any atom is 0.310 e. The maximum atomic E-state index is 15.4. The van der Waals surface area contributed by atoms with Crippen LogP contribution < -0.4 is 4.74 Å². The lowest BCUT2D eigenvalue weighted by molar-refractivity contribution is -0.334. The number of hydrogen-bond donors (Lipinski definition) is 7. The average molecular weight is 1340 g/mol. The van der Waals surface area contributed by atoms with Crippen molar-refractivity contribution >= 4 is 46.2 Å². The molecule has 5 fully saturated rings. The molecule has 0 aromatic heterocycles. The van der Waals surface area contributed by atoms with E-state index in [-0.39, 0.29) is 97.4 Å². The molecule has 0 spiro atoms. The van der Waals surface area contributed by atoms with Crippen LogP contribution in [0.5, 0.6) is 17.2 Å². The molecule has 5 saturated heterocycles. The van der Waals surface area contributed by atoms with Gasteiger partial charge in [-0.15, -0.1) is 0 Å². The molecule has 2 aromatic rings. The lowest BCUT2D eigenvalue weighted by atomic mass is 9.75. The first kappa shape index (κ1) is 74.2. The minimum atomic E-state index is -2.05. The summed E-state index contributed by atoms with van der Waals surface area (Å²) in [6, 6.07) is 3.00. The van der Waals surface area contributed by atoms with Gasteiger partial charge in [-0.25, -0.2) is 0 Å². The highest BCUT2D eigenvalue weighted by Crippen LogP contribution is 2.48. The van der Waals surface area contributed by atoms with E-state index in [1.165, 1.54) is 60.8 Å². The number of aliphatic hydroxyl groups excluding tert-OH is 4. The molecule has 0 radical (unpaired) electrons. The number of ether oxygens (including phenoxy) is 16. The predicted molar refractivity (Wildman–Crippen MR) is 321 cm³/mol. The molecule has 0 unspecified atom stereocenters. The normalized spacial score (nSPS) is 36.3. The van der Waals surface area contributed by atoms with Crippen LogP contribution in [-0.2, 0) is 101 Å². The Labute approximate surface area is 544 Å². The summed E-state index contributed by atoms with van der Waals surface area (Å²) in [6.07, 6.45) is -25.6. The second-order valence-electron chi connectivity index (χ2n) is 25.4. The van der Waals surface area contributed by atoms with Crippen LogP contribution >= 0.6 is 0 Å². The molecule has 1 aliphatic carbocycles. The molecule has 0 saturated carbocycles. The first-order valence-electron chi connectivity index (χ1n) is 31.8. The number of carbonyl (C=O) groups excluding carboxylic acids is 6. The van der Waals surface area contributed by atoms with Crippen molar-refractivity contribution < 1.29 is 140 Å². The van der Waals surface area contributed by atoms with Gasteiger partial charge in [-0.2, -0.15) is 0 Å². The molecule has 7 N–H and O–H groups in total. The number of aromatic hydroxyl groups is 2. The van der Waals surface area contributed by atoms with E-state index < -0.39 is 200 Å². The number of methoxy groups -OCH3 is 2. The average Bonchev–Trinajstić information content (AvgIpc) is 0.734. The van der Waals surface area contributed by atoms with Crippen molar-refractivity contribution in [3.05, 3.63) is 41.7 Å². The first-order chi connectivity index (χ1) is 44.3. The SMILES string of the molecule is C=COC(=O)CCCCC(=O)O[C@H](C)[C@H](O)C(=O)[C@@H](OC)[C@@H]1Cc2cc3cc(O[C@H]4C[C@@H](O[C@@H]5C[C@@H](O)[C@H](OC)[C@@H](C)O5)[C@H](OC(C)=O)[C@@H](C)O4)c(C)c(O)c3c(O)c2C(=O)[C@H]1O[C@H]1C[C@H](O[C@H]2C[C@H](O[C@H]3C[C@@](C)(O)[C@@H](OC(C)=O)[C@H](C)O3)[C@H](O)[C@@H](C)O2)[C@H](O)[C@@H](C)O1. The summed E-state index contributed by atoms with van der Waals surface area (Å²) in [5.74, 6) is -6.98. The molecule has 29 heteroatoms. The number of rotatable bonds is 25. The highest BCUT2D eigenvalue weighted by Gasteiger charge is 2.53. The third-order valence-corrected chi connectivity index (χ3v) is 18.2. The van der Waals surface area contributed by atoms with Gasteiger partial charge in [0, 0.05) is 84.5 Å². The minimum Gasteiger partial charge on any atom is -0.507 e. The Morgan fingerprint density at radius 3 is 1.84 bits per heavy atom. The molecule has 0 bridgehead atoms. The second kappa shape index (κ2) is 31.7. The van der Waals surface area contributed by atoms with Gasteiger partial charge in [0.25, 0.3) is 0 Å². The third kappa shape index (κ3) is 17.2. The van der Waals surface area contributed by atoms with Gasteiger partial charge in [0.1, 0.15) is 65.6 Å². The van der Waals surface area contributed by atoms with Crippen LogP contribution in [0.25, 0.3) is 10.8 Å². The lowest BCUT2D eigenvalue weighted by Crippen LogP contribution is -2.59. The standard InChI is InChI=1S/C65H92O29/c1-14-81-44(69)17-15-16-18-45(70)82-30(5)56(74)59(77)62(80-13)38-20-36-19-37-21-40(90-48-25-43(61(32(7)86-48)88-34(9)66)93-46-22-39(68)60(79-12)31(6)85-46)27(2)53(71)51(37)57(75)52(36)58(76)63(38)94-49-24-41(54(72)29(4)84-49)91-47-23-42(55(73)28(3)83-47)92-50-26-65(11,78)64(33(8)87-50)89-35(10)67/h14,19,21,28-33,38-39,41-43,46-50,54-56,60-64,68,71-75,78H,1,15-18,20,22-26H2,2-13H3/t28-,29-,30-,31-,32-,33+,38+,39-,41+,42+,43-,46-,47+,48+,49+,50+,54-,55-,56+,60-,61-,62+,63+,64+,65-/m1/s1. The molecule has 2 aromatic carbocycles. The van der Waals surface area contributed by atoms with Gasteiger partial charge < -0.3 is 112 Å². The number of Topliss-reactive ketones (excluding diaryl/α,β-unsaturated/α-hetero) is 2. The van der Waals surface area contributed by atoms with Crippen LogP contribution in [0.4, 0.5) is 0 Å². The summed E-state index contributed by atoms with van der Waals surface area (Å²) in [5.41, 5.74) is -1.65. The number of benzene rings is 2.